The fraction of sp³-hybridized carbons (Fsp3) is 0.107. The average molecular weight is 519 g/mol. The van der Waals surface area contributed by atoms with Gasteiger partial charge in [0.05, 0.1) is 27.5 Å². The Morgan fingerprint density at radius 2 is 1.95 bits per heavy atom. The van der Waals surface area contributed by atoms with Gasteiger partial charge in [0, 0.05) is 42.1 Å². The molecule has 0 spiro atoms. The summed E-state index contributed by atoms with van der Waals surface area (Å²) in [5, 5.41) is 13.6. The predicted molar refractivity (Wildman–Crippen MR) is 148 cm³/mol. The number of aromatic nitrogens is 6. The zero-order valence-electron chi connectivity index (χ0n) is 20.6. The monoisotopic (exact) mass is 518 g/mol. The van der Waals surface area contributed by atoms with E-state index in [9.17, 15) is 4.79 Å². The van der Waals surface area contributed by atoms with E-state index in [4.69, 9.17) is 10.7 Å². The third-order valence-corrected chi connectivity index (χ3v) is 7.04. The number of benzene rings is 1. The number of fused-ring (bicyclic) bond motifs is 2. The molecule has 186 valence electrons. The van der Waals surface area contributed by atoms with Gasteiger partial charge in [-0.1, -0.05) is 36.3 Å². The Morgan fingerprint density at radius 1 is 1.11 bits per heavy atom. The van der Waals surface area contributed by atoms with E-state index in [1.54, 1.807) is 34.5 Å². The highest BCUT2D eigenvalue weighted by Crippen LogP contribution is 2.34. The van der Waals surface area contributed by atoms with Gasteiger partial charge in [-0.3, -0.25) is 9.48 Å². The van der Waals surface area contributed by atoms with Gasteiger partial charge < -0.3 is 11.1 Å². The molecule has 0 aliphatic heterocycles. The third kappa shape index (κ3) is 4.25. The Labute approximate surface area is 222 Å². The number of nitrogens with one attached hydrogen (secondary N) is 1. The van der Waals surface area contributed by atoms with Gasteiger partial charge in [-0.15, -0.1) is 16.4 Å². The van der Waals surface area contributed by atoms with Crippen LogP contribution in [0.1, 0.15) is 40.1 Å². The molecule has 0 radical (unpaired) electrons. The predicted octanol–water partition coefficient (Wildman–Crippen LogP) is 4.21. The number of hydrogen-bond acceptors (Lipinski definition) is 7. The maximum atomic E-state index is 13.3. The van der Waals surface area contributed by atoms with Crippen LogP contribution in [0.25, 0.3) is 27.1 Å². The smallest absolute Gasteiger partial charge is 0.259 e. The topological polar surface area (TPSA) is 116 Å². The first-order valence-corrected chi connectivity index (χ1v) is 12.7. The van der Waals surface area contributed by atoms with Crippen LogP contribution >= 0.6 is 11.3 Å². The summed E-state index contributed by atoms with van der Waals surface area (Å²) in [5.74, 6) is 6.11. The highest BCUT2D eigenvalue weighted by atomic mass is 32.1. The van der Waals surface area contributed by atoms with Crippen molar-refractivity contribution < 1.29 is 4.79 Å². The van der Waals surface area contributed by atoms with E-state index in [2.05, 4.69) is 38.4 Å². The van der Waals surface area contributed by atoms with Crippen molar-refractivity contribution in [3.8, 4) is 23.1 Å². The van der Waals surface area contributed by atoms with Crippen molar-refractivity contribution in [2.45, 2.75) is 13.0 Å². The van der Waals surface area contributed by atoms with Crippen molar-refractivity contribution in [2.24, 2.45) is 7.05 Å². The zero-order chi connectivity index (χ0) is 26.2. The number of nitrogens with two attached hydrogens (primary N) is 1. The molecule has 0 saturated heterocycles. The second-order valence-corrected chi connectivity index (χ2v) is 9.67. The van der Waals surface area contributed by atoms with Crippen molar-refractivity contribution in [2.75, 3.05) is 5.73 Å². The summed E-state index contributed by atoms with van der Waals surface area (Å²) in [6.07, 6.45) is 5.17. The van der Waals surface area contributed by atoms with Gasteiger partial charge in [0.1, 0.15) is 11.3 Å². The summed E-state index contributed by atoms with van der Waals surface area (Å²) in [5.41, 5.74) is 11.7. The molecule has 9 nitrogen and oxygen atoms in total. The molecule has 6 rings (SSSR count). The molecule has 6 aromatic rings. The van der Waals surface area contributed by atoms with Gasteiger partial charge >= 0.3 is 0 Å². The lowest BCUT2D eigenvalue weighted by Gasteiger charge is -2.18. The van der Waals surface area contributed by atoms with Crippen molar-refractivity contribution in [3.63, 3.8) is 0 Å². The number of hydrogen-bond donors (Lipinski definition) is 2. The number of nitrogens with zero attached hydrogens (tertiary/aromatic N) is 6. The number of rotatable bonds is 4. The van der Waals surface area contributed by atoms with Gasteiger partial charge in [0.15, 0.2) is 11.5 Å². The molecule has 0 fully saturated rings. The molecule has 0 aliphatic rings. The second kappa shape index (κ2) is 9.46. The normalized spacial score (nSPS) is 11.8. The molecule has 10 heteroatoms. The zero-order valence-corrected chi connectivity index (χ0v) is 21.4. The Kier molecular flexibility index (Phi) is 5.82. The molecule has 5 heterocycles. The summed E-state index contributed by atoms with van der Waals surface area (Å²) in [4.78, 5) is 22.7. The number of carbonyl (C=O) groups excluding carboxylic acids is 1. The first-order chi connectivity index (χ1) is 18.5. The van der Waals surface area contributed by atoms with Crippen molar-refractivity contribution in [1.29, 1.82) is 0 Å². The molecule has 1 unspecified atom stereocenters. The first-order valence-electron chi connectivity index (χ1n) is 11.9. The van der Waals surface area contributed by atoms with E-state index in [0.29, 0.717) is 11.3 Å². The highest BCUT2D eigenvalue weighted by molar-refractivity contribution is 7.17. The summed E-state index contributed by atoms with van der Waals surface area (Å²) >= 11 is 1.56. The van der Waals surface area contributed by atoms with Crippen LogP contribution in [0.15, 0.2) is 72.5 Å². The minimum atomic E-state index is -0.377. The fourth-order valence-electron chi connectivity index (χ4n) is 4.30. The first kappa shape index (κ1) is 23.4. The van der Waals surface area contributed by atoms with E-state index in [1.807, 2.05) is 61.9 Å². The van der Waals surface area contributed by atoms with Crippen molar-refractivity contribution >= 4 is 38.9 Å². The largest absolute Gasteiger partial charge is 0.381 e. The molecule has 1 atom stereocenters. The number of nitrogen functional groups attached to an aromatic ring is 1. The number of carbonyl (C=O) groups is 1. The van der Waals surface area contributed by atoms with Crippen LogP contribution in [0.4, 0.5) is 5.82 Å². The molecule has 3 N–H and O–H groups in total. The second-order valence-electron chi connectivity index (χ2n) is 8.76. The number of amides is 1. The van der Waals surface area contributed by atoms with E-state index < -0.39 is 0 Å². The molecule has 1 amide bonds. The molecule has 1 aromatic carbocycles. The molecule has 0 aliphatic carbocycles. The van der Waals surface area contributed by atoms with Gasteiger partial charge in [-0.05, 0) is 31.0 Å². The Morgan fingerprint density at radius 3 is 2.74 bits per heavy atom. The summed E-state index contributed by atoms with van der Waals surface area (Å²) in [6, 6.07) is 15.2. The van der Waals surface area contributed by atoms with Crippen LogP contribution in [-0.4, -0.2) is 35.3 Å². The Bertz CT molecular complexity index is 1870. The van der Waals surface area contributed by atoms with Crippen molar-refractivity contribution in [3.05, 3.63) is 94.9 Å². The number of aryl methyl sites for hydroxylation is 1. The summed E-state index contributed by atoms with van der Waals surface area (Å²) in [6.45, 7) is 1.93. The van der Waals surface area contributed by atoms with Crippen LogP contribution in [0.2, 0.25) is 0 Å². The average Bonchev–Trinajstić information content (AvgIpc) is 3.62. The minimum absolute atomic E-state index is 0.125. The van der Waals surface area contributed by atoms with E-state index in [0.717, 1.165) is 32.6 Å². The van der Waals surface area contributed by atoms with Crippen LogP contribution in [0.3, 0.4) is 0 Å². The van der Waals surface area contributed by atoms with E-state index in [1.165, 1.54) is 4.52 Å². The molecular formula is C28H22N8OS. The van der Waals surface area contributed by atoms with Gasteiger partial charge in [-0.2, -0.15) is 5.10 Å². The fourth-order valence-corrected chi connectivity index (χ4v) is 5.18. The molecule has 0 saturated carbocycles. The lowest BCUT2D eigenvalue weighted by molar-refractivity contribution is 0.0942. The Hall–Kier alpha value is -5.01. The van der Waals surface area contributed by atoms with Crippen LogP contribution in [-0.2, 0) is 7.05 Å². The third-order valence-electron chi connectivity index (χ3n) is 6.13. The van der Waals surface area contributed by atoms with Crippen LogP contribution < -0.4 is 11.1 Å². The molecule has 0 bridgehead atoms. The summed E-state index contributed by atoms with van der Waals surface area (Å²) in [7, 11) is 1.86. The van der Waals surface area contributed by atoms with Crippen LogP contribution in [0.5, 0.6) is 0 Å². The summed E-state index contributed by atoms with van der Waals surface area (Å²) < 4.78 is 4.19. The standard InChI is InChI=1S/C28H22N8OS/c1-17(31-28(37)23-26(29)34-36-13-6-12-30-27(23)36)21-15-22-25(32-24(21)18-7-4-3-5-8-18)19(16-38-22)9-10-20-11-14-35(2)33-20/h3-8,11-17H,1-2H3,(H2,29,34)(H,31,37). The van der Waals surface area contributed by atoms with E-state index in [-0.39, 0.29) is 23.3 Å². The van der Waals surface area contributed by atoms with E-state index >= 15 is 0 Å². The molecule has 5 aromatic heterocycles. The minimum Gasteiger partial charge on any atom is -0.381 e. The lowest BCUT2D eigenvalue weighted by Crippen LogP contribution is -2.28. The number of pyridine rings is 1. The maximum absolute atomic E-state index is 13.3. The maximum Gasteiger partial charge on any atom is 0.259 e. The number of thiophene rings is 1. The highest BCUT2D eigenvalue weighted by Gasteiger charge is 2.23. The quantitative estimate of drug-likeness (QED) is 0.338. The van der Waals surface area contributed by atoms with Crippen molar-refractivity contribution in [1.82, 2.24) is 34.7 Å². The Balaban J connectivity index is 1.40. The lowest BCUT2D eigenvalue weighted by atomic mass is 9.99. The molecule has 38 heavy (non-hydrogen) atoms. The van der Waals surface area contributed by atoms with Gasteiger partial charge in [-0.25, -0.2) is 14.5 Å². The number of anilines is 1. The van der Waals surface area contributed by atoms with Gasteiger partial charge in [0.2, 0.25) is 0 Å². The SMILES string of the molecule is CC(NC(=O)c1c(N)nn2cccnc12)c1cc2scc(C#Cc3ccn(C)n3)c2nc1-c1ccccc1. The van der Waals surface area contributed by atoms with Gasteiger partial charge in [0.25, 0.3) is 5.91 Å². The van der Waals surface area contributed by atoms with Crippen LogP contribution in [0, 0.1) is 11.8 Å². The molecular weight excluding hydrogens is 496 g/mol.